The molecule has 0 aliphatic carbocycles. The van der Waals surface area contributed by atoms with Crippen LogP contribution in [0.2, 0.25) is 5.15 Å². The summed E-state index contributed by atoms with van der Waals surface area (Å²) in [6.07, 6.45) is 2.94. The molecule has 0 saturated heterocycles. The second-order valence-electron chi connectivity index (χ2n) is 3.62. The Morgan fingerprint density at radius 3 is 2.67 bits per heavy atom. The maximum atomic E-state index is 5.73. The number of ether oxygens (including phenoxy) is 1. The third-order valence-corrected chi connectivity index (χ3v) is 2.55. The van der Waals surface area contributed by atoms with Crippen molar-refractivity contribution in [2.24, 2.45) is 0 Å². The summed E-state index contributed by atoms with van der Waals surface area (Å²) in [5, 5.41) is 1.34. The summed E-state index contributed by atoms with van der Waals surface area (Å²) in [5.74, 6) is 0.788. The predicted molar refractivity (Wildman–Crippen MR) is 68.9 cm³/mol. The number of halogens is 1. The predicted octanol–water partition coefficient (Wildman–Crippen LogP) is 3.47. The van der Waals surface area contributed by atoms with Crippen LogP contribution in [0.15, 0.2) is 48.8 Å². The lowest BCUT2D eigenvalue weighted by Gasteiger charge is -2.04. The first-order valence-electron chi connectivity index (χ1n) is 5.32. The highest BCUT2D eigenvalue weighted by Gasteiger charge is 2.02. The van der Waals surface area contributed by atoms with Crippen molar-refractivity contribution in [3.63, 3.8) is 0 Å². The highest BCUT2D eigenvalue weighted by molar-refractivity contribution is 6.29. The topological polar surface area (TPSA) is 47.9 Å². The standard InChI is InChI=1S/C13H8ClN3O/c14-11-7-15-8-13(17-11)18-12-6-5-9-3-1-2-4-10(9)16-12/h1-8H. The molecule has 0 spiro atoms. The highest BCUT2D eigenvalue weighted by Crippen LogP contribution is 2.21. The molecule has 4 nitrogen and oxygen atoms in total. The second-order valence-corrected chi connectivity index (χ2v) is 4.01. The molecule has 3 rings (SSSR count). The van der Waals surface area contributed by atoms with E-state index >= 15 is 0 Å². The Balaban J connectivity index is 1.95. The van der Waals surface area contributed by atoms with Gasteiger partial charge in [0, 0.05) is 11.5 Å². The van der Waals surface area contributed by atoms with Crippen molar-refractivity contribution in [1.29, 1.82) is 0 Å². The van der Waals surface area contributed by atoms with E-state index in [2.05, 4.69) is 15.0 Å². The van der Waals surface area contributed by atoms with Crippen molar-refractivity contribution in [2.75, 3.05) is 0 Å². The van der Waals surface area contributed by atoms with E-state index < -0.39 is 0 Å². The molecule has 18 heavy (non-hydrogen) atoms. The zero-order chi connectivity index (χ0) is 12.4. The first-order valence-corrected chi connectivity index (χ1v) is 5.70. The van der Waals surface area contributed by atoms with Gasteiger partial charge < -0.3 is 4.74 Å². The van der Waals surface area contributed by atoms with Crippen LogP contribution in [0.4, 0.5) is 0 Å². The van der Waals surface area contributed by atoms with E-state index in [1.807, 2.05) is 30.3 Å². The summed E-state index contributed by atoms with van der Waals surface area (Å²) in [6.45, 7) is 0. The molecule has 0 saturated carbocycles. The van der Waals surface area contributed by atoms with Gasteiger partial charge in [-0.2, -0.15) is 4.98 Å². The van der Waals surface area contributed by atoms with Gasteiger partial charge in [0.2, 0.25) is 11.8 Å². The van der Waals surface area contributed by atoms with E-state index in [1.165, 1.54) is 12.4 Å². The van der Waals surface area contributed by atoms with Crippen LogP contribution in [-0.2, 0) is 0 Å². The van der Waals surface area contributed by atoms with Crippen molar-refractivity contribution in [1.82, 2.24) is 15.0 Å². The molecule has 2 aromatic heterocycles. The minimum Gasteiger partial charge on any atom is -0.419 e. The molecule has 0 fully saturated rings. The quantitative estimate of drug-likeness (QED) is 0.705. The van der Waals surface area contributed by atoms with Gasteiger partial charge in [-0.25, -0.2) is 4.98 Å². The summed E-state index contributed by atoms with van der Waals surface area (Å²) < 4.78 is 5.50. The third-order valence-electron chi connectivity index (χ3n) is 2.37. The SMILES string of the molecule is Clc1cncc(Oc2ccc3ccccc3n2)n1. The van der Waals surface area contributed by atoms with Gasteiger partial charge in [-0.05, 0) is 12.1 Å². The number of pyridine rings is 1. The van der Waals surface area contributed by atoms with Crippen LogP contribution >= 0.6 is 11.6 Å². The van der Waals surface area contributed by atoms with Crippen LogP contribution < -0.4 is 4.74 Å². The Kier molecular flexibility index (Phi) is 2.78. The average molecular weight is 258 g/mol. The van der Waals surface area contributed by atoms with Gasteiger partial charge in [-0.1, -0.05) is 29.8 Å². The summed E-state index contributed by atoms with van der Waals surface area (Å²) >= 11 is 5.73. The number of aromatic nitrogens is 3. The first kappa shape index (κ1) is 10.9. The molecule has 0 aliphatic heterocycles. The van der Waals surface area contributed by atoms with Gasteiger partial charge in [-0.3, -0.25) is 4.98 Å². The van der Waals surface area contributed by atoms with Gasteiger partial charge in [-0.15, -0.1) is 0 Å². The van der Waals surface area contributed by atoms with Gasteiger partial charge in [0.05, 0.1) is 17.9 Å². The average Bonchev–Trinajstić information content (AvgIpc) is 2.39. The number of para-hydroxylation sites is 1. The monoisotopic (exact) mass is 257 g/mol. The molecule has 1 aromatic carbocycles. The molecule has 0 atom stereocenters. The van der Waals surface area contributed by atoms with Gasteiger partial charge >= 0.3 is 0 Å². The van der Waals surface area contributed by atoms with E-state index in [0.717, 1.165) is 10.9 Å². The number of benzene rings is 1. The van der Waals surface area contributed by atoms with Gasteiger partial charge in [0.1, 0.15) is 0 Å². The van der Waals surface area contributed by atoms with E-state index in [9.17, 15) is 0 Å². The Morgan fingerprint density at radius 2 is 1.78 bits per heavy atom. The smallest absolute Gasteiger partial charge is 0.241 e. The van der Waals surface area contributed by atoms with E-state index in [4.69, 9.17) is 16.3 Å². The lowest BCUT2D eigenvalue weighted by Crippen LogP contribution is -1.92. The largest absolute Gasteiger partial charge is 0.419 e. The van der Waals surface area contributed by atoms with Crippen molar-refractivity contribution in [3.8, 4) is 11.8 Å². The fourth-order valence-corrected chi connectivity index (χ4v) is 1.73. The fourth-order valence-electron chi connectivity index (χ4n) is 1.59. The molecule has 0 aliphatic rings. The maximum absolute atomic E-state index is 5.73. The van der Waals surface area contributed by atoms with Crippen LogP contribution in [0.5, 0.6) is 11.8 Å². The summed E-state index contributed by atoms with van der Waals surface area (Å²) in [7, 11) is 0. The number of hydrogen-bond acceptors (Lipinski definition) is 4. The molecule has 0 bridgehead atoms. The van der Waals surface area contributed by atoms with Crippen LogP contribution in [0.25, 0.3) is 10.9 Å². The van der Waals surface area contributed by atoms with Gasteiger partial charge in [0.25, 0.3) is 0 Å². The molecule has 0 amide bonds. The fraction of sp³-hybridized carbons (Fsp3) is 0. The Hall–Kier alpha value is -2.20. The Labute approximate surface area is 108 Å². The lowest BCUT2D eigenvalue weighted by molar-refractivity contribution is 0.444. The molecular formula is C13H8ClN3O. The molecule has 0 radical (unpaired) electrons. The summed E-state index contributed by atoms with van der Waals surface area (Å²) in [6, 6.07) is 11.5. The van der Waals surface area contributed by atoms with Crippen LogP contribution in [0.3, 0.4) is 0 Å². The highest BCUT2D eigenvalue weighted by atomic mass is 35.5. The number of nitrogens with zero attached hydrogens (tertiary/aromatic N) is 3. The van der Waals surface area contributed by atoms with Crippen molar-refractivity contribution < 1.29 is 4.74 Å². The molecule has 3 aromatic rings. The van der Waals surface area contributed by atoms with E-state index in [-0.39, 0.29) is 5.15 Å². The first-order chi connectivity index (χ1) is 8.81. The zero-order valence-corrected chi connectivity index (χ0v) is 10.0. The number of hydrogen-bond donors (Lipinski definition) is 0. The third kappa shape index (κ3) is 2.24. The summed E-state index contributed by atoms with van der Waals surface area (Å²) in [5.41, 5.74) is 0.866. The lowest BCUT2D eigenvalue weighted by atomic mass is 10.2. The molecule has 5 heteroatoms. The van der Waals surface area contributed by atoms with E-state index in [1.54, 1.807) is 6.07 Å². The van der Waals surface area contributed by atoms with Crippen molar-refractivity contribution >= 4 is 22.5 Å². The molecule has 88 valence electrons. The van der Waals surface area contributed by atoms with Crippen LogP contribution in [0.1, 0.15) is 0 Å². The van der Waals surface area contributed by atoms with Gasteiger partial charge in [0.15, 0.2) is 5.15 Å². The maximum Gasteiger partial charge on any atom is 0.241 e. The molecular weight excluding hydrogens is 250 g/mol. The molecule has 2 heterocycles. The van der Waals surface area contributed by atoms with Crippen LogP contribution in [0, 0.1) is 0 Å². The molecule has 0 unspecified atom stereocenters. The normalized spacial score (nSPS) is 10.5. The van der Waals surface area contributed by atoms with Crippen LogP contribution in [-0.4, -0.2) is 15.0 Å². The van der Waals surface area contributed by atoms with Crippen molar-refractivity contribution in [2.45, 2.75) is 0 Å². The number of rotatable bonds is 2. The minimum absolute atomic E-state index is 0.285. The van der Waals surface area contributed by atoms with E-state index in [0.29, 0.717) is 11.8 Å². The zero-order valence-electron chi connectivity index (χ0n) is 9.25. The minimum atomic E-state index is 0.285. The Morgan fingerprint density at radius 1 is 0.889 bits per heavy atom. The number of fused-ring (bicyclic) bond motifs is 1. The summed E-state index contributed by atoms with van der Waals surface area (Å²) in [4.78, 5) is 12.3. The second kappa shape index (κ2) is 4.58. The Bertz CT molecular complexity index is 702. The molecule has 0 N–H and O–H groups in total. The van der Waals surface area contributed by atoms with Crippen molar-refractivity contribution in [3.05, 3.63) is 53.9 Å².